The van der Waals surface area contributed by atoms with E-state index in [-0.39, 0.29) is 16.5 Å². The molecule has 0 amide bonds. The van der Waals surface area contributed by atoms with Crippen LogP contribution in [0.25, 0.3) is 0 Å². The average Bonchev–Trinajstić information content (AvgIpc) is 2.41. The summed E-state index contributed by atoms with van der Waals surface area (Å²) in [5.41, 5.74) is 1.02. The molecule has 18 heavy (non-hydrogen) atoms. The first kappa shape index (κ1) is 13.4. The lowest BCUT2D eigenvalue weighted by molar-refractivity contribution is -0.121. The molecule has 1 aromatic rings. The molecule has 4 heteroatoms. The molecule has 0 aromatic heterocycles. The molecule has 0 spiro atoms. The van der Waals surface area contributed by atoms with Gasteiger partial charge in [0.15, 0.2) is 17.3 Å². The van der Waals surface area contributed by atoms with Gasteiger partial charge in [-0.3, -0.25) is 4.79 Å². The van der Waals surface area contributed by atoms with E-state index in [1.54, 1.807) is 14.2 Å². The number of carbonyl (C=O) groups excluding carboxylic acids is 1. The number of Topliss-reactive ketones (excluding diaryl/α,β-unsaturated/α-hetero) is 1. The molecule has 1 saturated carbocycles. The summed E-state index contributed by atoms with van der Waals surface area (Å²) in [7, 11) is 3.22. The van der Waals surface area contributed by atoms with Gasteiger partial charge in [-0.05, 0) is 30.5 Å². The molecule has 0 bridgehead atoms. The maximum atomic E-state index is 12.2. The predicted molar refractivity (Wildman–Crippen MR) is 73.9 cm³/mol. The zero-order chi connectivity index (χ0) is 13.1. The smallest absolute Gasteiger partial charge is 0.161 e. The summed E-state index contributed by atoms with van der Waals surface area (Å²) in [5, 5.41) is 0. The van der Waals surface area contributed by atoms with E-state index in [0.29, 0.717) is 11.5 Å². The van der Waals surface area contributed by atoms with E-state index >= 15 is 0 Å². The lowest BCUT2D eigenvalue weighted by Gasteiger charge is -2.25. The van der Waals surface area contributed by atoms with Crippen LogP contribution in [0.15, 0.2) is 18.2 Å². The minimum atomic E-state index is -0.0251. The highest BCUT2D eigenvalue weighted by Gasteiger charge is 2.30. The van der Waals surface area contributed by atoms with Crippen molar-refractivity contribution in [3.8, 4) is 11.5 Å². The van der Waals surface area contributed by atoms with Gasteiger partial charge in [0.1, 0.15) is 0 Å². The molecule has 1 aliphatic rings. The van der Waals surface area contributed by atoms with Crippen molar-refractivity contribution in [2.45, 2.75) is 30.0 Å². The summed E-state index contributed by atoms with van der Waals surface area (Å²) < 4.78 is 10.5. The number of hydrogen-bond acceptors (Lipinski definition) is 3. The van der Waals surface area contributed by atoms with Crippen LogP contribution in [0, 0.1) is 0 Å². The monoisotopic (exact) mass is 312 g/mol. The first-order chi connectivity index (χ1) is 8.67. The topological polar surface area (TPSA) is 35.5 Å². The molecule has 1 aliphatic carbocycles. The van der Waals surface area contributed by atoms with Crippen molar-refractivity contribution >= 4 is 21.7 Å². The number of methoxy groups -OCH3 is 2. The summed E-state index contributed by atoms with van der Waals surface area (Å²) in [5.74, 6) is 1.62. The Hall–Kier alpha value is -1.03. The largest absolute Gasteiger partial charge is 0.493 e. The van der Waals surface area contributed by atoms with Gasteiger partial charge in [-0.25, -0.2) is 0 Å². The number of halogens is 1. The molecule has 0 N–H and O–H groups in total. The second kappa shape index (κ2) is 5.74. The predicted octanol–water partition coefficient (Wildman–Crippen LogP) is 3.30. The lowest BCUT2D eigenvalue weighted by atomic mass is 9.83. The van der Waals surface area contributed by atoms with Gasteiger partial charge in [-0.15, -0.1) is 0 Å². The molecule has 0 radical (unpaired) electrons. The number of ketones is 1. The Morgan fingerprint density at radius 3 is 2.56 bits per heavy atom. The molecule has 0 heterocycles. The molecule has 2 atom stereocenters. The van der Waals surface area contributed by atoms with E-state index in [4.69, 9.17) is 9.47 Å². The van der Waals surface area contributed by atoms with Gasteiger partial charge in [-0.1, -0.05) is 28.4 Å². The molecular formula is C14H17BrO3. The van der Waals surface area contributed by atoms with Crippen molar-refractivity contribution < 1.29 is 14.3 Å². The second-order valence-corrected chi connectivity index (χ2v) is 5.57. The van der Waals surface area contributed by atoms with Crippen molar-refractivity contribution in [1.29, 1.82) is 0 Å². The van der Waals surface area contributed by atoms with E-state index in [1.165, 1.54) is 0 Å². The number of rotatable bonds is 3. The van der Waals surface area contributed by atoms with Crippen LogP contribution in [-0.2, 0) is 4.79 Å². The van der Waals surface area contributed by atoms with Gasteiger partial charge in [0.25, 0.3) is 0 Å². The molecule has 1 aromatic carbocycles. The first-order valence-electron chi connectivity index (χ1n) is 6.07. The van der Waals surface area contributed by atoms with Crippen LogP contribution < -0.4 is 9.47 Å². The van der Waals surface area contributed by atoms with Crippen molar-refractivity contribution in [1.82, 2.24) is 0 Å². The molecule has 0 aliphatic heterocycles. The molecule has 1 fully saturated rings. The lowest BCUT2D eigenvalue weighted by Crippen LogP contribution is -2.27. The number of alkyl halides is 1. The number of benzene rings is 1. The molecule has 2 rings (SSSR count). The molecule has 3 nitrogen and oxygen atoms in total. The van der Waals surface area contributed by atoms with E-state index in [0.717, 1.165) is 24.8 Å². The van der Waals surface area contributed by atoms with Gasteiger partial charge >= 0.3 is 0 Å². The fourth-order valence-corrected chi connectivity index (χ4v) is 3.05. The van der Waals surface area contributed by atoms with Crippen molar-refractivity contribution in [2.24, 2.45) is 0 Å². The van der Waals surface area contributed by atoms with Crippen LogP contribution >= 0.6 is 15.9 Å². The Morgan fingerprint density at radius 2 is 1.89 bits per heavy atom. The third kappa shape index (κ3) is 2.53. The average molecular weight is 313 g/mol. The Morgan fingerprint density at radius 1 is 1.17 bits per heavy atom. The normalized spacial score (nSPS) is 23.8. The summed E-state index contributed by atoms with van der Waals surface area (Å²) in [4.78, 5) is 12.2. The maximum Gasteiger partial charge on any atom is 0.161 e. The highest BCUT2D eigenvalue weighted by molar-refractivity contribution is 9.10. The van der Waals surface area contributed by atoms with Crippen LogP contribution in [0.3, 0.4) is 0 Å². The van der Waals surface area contributed by atoms with Gasteiger partial charge < -0.3 is 9.47 Å². The standard InChI is InChI=1S/C14H17BrO3/c1-17-12-7-6-9(8-13(12)18-2)10-4-3-5-11(15)14(10)16/h6-8,10-11H,3-5H2,1-2H3. The fourth-order valence-electron chi connectivity index (χ4n) is 2.40. The van der Waals surface area contributed by atoms with Crippen LogP contribution in [0.2, 0.25) is 0 Å². The van der Waals surface area contributed by atoms with Gasteiger partial charge in [0.2, 0.25) is 0 Å². The molecule has 0 saturated heterocycles. The Balaban J connectivity index is 2.30. The highest BCUT2D eigenvalue weighted by Crippen LogP contribution is 2.37. The van der Waals surface area contributed by atoms with Crippen molar-refractivity contribution in [2.75, 3.05) is 14.2 Å². The second-order valence-electron chi connectivity index (χ2n) is 4.47. The maximum absolute atomic E-state index is 12.2. The number of carbonyl (C=O) groups is 1. The van der Waals surface area contributed by atoms with Crippen molar-refractivity contribution in [3.05, 3.63) is 23.8 Å². The third-order valence-corrected chi connectivity index (χ3v) is 4.32. The minimum absolute atomic E-state index is 0.00986. The summed E-state index contributed by atoms with van der Waals surface area (Å²) in [6.45, 7) is 0. The fraction of sp³-hybridized carbons (Fsp3) is 0.500. The van der Waals surface area contributed by atoms with E-state index in [1.807, 2.05) is 18.2 Å². The van der Waals surface area contributed by atoms with Crippen LogP contribution in [0.1, 0.15) is 30.7 Å². The summed E-state index contributed by atoms with van der Waals surface area (Å²) >= 11 is 3.45. The Kier molecular flexibility index (Phi) is 4.27. The van der Waals surface area contributed by atoms with Crippen molar-refractivity contribution in [3.63, 3.8) is 0 Å². The van der Waals surface area contributed by atoms with E-state index < -0.39 is 0 Å². The summed E-state index contributed by atoms with van der Waals surface area (Å²) in [6, 6.07) is 5.72. The Labute approximate surface area is 116 Å². The number of ether oxygens (including phenoxy) is 2. The minimum Gasteiger partial charge on any atom is -0.493 e. The zero-order valence-electron chi connectivity index (χ0n) is 10.6. The van der Waals surface area contributed by atoms with E-state index in [2.05, 4.69) is 15.9 Å². The van der Waals surface area contributed by atoms with Crippen LogP contribution in [0.5, 0.6) is 11.5 Å². The van der Waals surface area contributed by atoms with Gasteiger partial charge in [0.05, 0.1) is 19.0 Å². The van der Waals surface area contributed by atoms with Crippen LogP contribution in [0.4, 0.5) is 0 Å². The highest BCUT2D eigenvalue weighted by atomic mass is 79.9. The molecule has 98 valence electrons. The number of hydrogen-bond donors (Lipinski definition) is 0. The first-order valence-corrected chi connectivity index (χ1v) is 6.98. The zero-order valence-corrected chi connectivity index (χ0v) is 12.2. The molecule has 2 unspecified atom stereocenters. The quantitative estimate of drug-likeness (QED) is 0.803. The summed E-state index contributed by atoms with van der Waals surface area (Å²) in [6.07, 6.45) is 2.92. The van der Waals surface area contributed by atoms with E-state index in [9.17, 15) is 4.79 Å². The van der Waals surface area contributed by atoms with Gasteiger partial charge in [0, 0.05) is 5.92 Å². The SMILES string of the molecule is COc1ccc(C2CCCC(Br)C2=O)cc1OC. The third-order valence-electron chi connectivity index (χ3n) is 3.41. The van der Waals surface area contributed by atoms with Gasteiger partial charge in [-0.2, -0.15) is 0 Å². The van der Waals surface area contributed by atoms with Crippen LogP contribution in [-0.4, -0.2) is 24.8 Å². The Bertz CT molecular complexity index is 445. The molecular weight excluding hydrogens is 296 g/mol.